The van der Waals surface area contributed by atoms with E-state index in [2.05, 4.69) is 10.6 Å². The predicted molar refractivity (Wildman–Crippen MR) is 121 cm³/mol. The van der Waals surface area contributed by atoms with Crippen molar-refractivity contribution in [2.75, 3.05) is 13.7 Å². The molecule has 0 bridgehead atoms. The van der Waals surface area contributed by atoms with Crippen LogP contribution in [0.3, 0.4) is 0 Å². The molecule has 1 fully saturated rings. The van der Waals surface area contributed by atoms with Crippen LogP contribution in [0.4, 0.5) is 4.79 Å². The van der Waals surface area contributed by atoms with Gasteiger partial charge >= 0.3 is 12.1 Å². The Hall–Kier alpha value is -3.39. The number of alkyl carbamates (subject to hydrolysis) is 1. The number of rotatable bonds is 9. The van der Waals surface area contributed by atoms with Crippen LogP contribution in [0.1, 0.15) is 36.8 Å². The first kappa shape index (κ1) is 22.8. The summed E-state index contributed by atoms with van der Waals surface area (Å²) in [5.74, 6) is -1.89. The highest BCUT2D eigenvalue weighted by atomic mass is 16.5. The lowest BCUT2D eigenvalue weighted by molar-refractivity contribution is -0.143. The summed E-state index contributed by atoms with van der Waals surface area (Å²) in [5, 5.41) is 14.5. The zero-order valence-electron chi connectivity index (χ0n) is 18.6. The second kappa shape index (κ2) is 9.62. The van der Waals surface area contributed by atoms with Gasteiger partial charge in [-0.15, -0.1) is 0 Å². The van der Waals surface area contributed by atoms with Gasteiger partial charge in [0.05, 0.1) is 6.10 Å². The molecule has 1 saturated carbocycles. The van der Waals surface area contributed by atoms with E-state index < -0.39 is 36.2 Å². The molecule has 2 aliphatic rings. The van der Waals surface area contributed by atoms with Crippen LogP contribution in [-0.2, 0) is 19.1 Å². The minimum atomic E-state index is -1.09. The molecule has 2 amide bonds. The lowest BCUT2D eigenvalue weighted by atomic mass is 9.98. The van der Waals surface area contributed by atoms with Crippen LogP contribution in [-0.4, -0.2) is 55.0 Å². The van der Waals surface area contributed by atoms with Gasteiger partial charge < -0.3 is 25.2 Å². The van der Waals surface area contributed by atoms with E-state index in [9.17, 15) is 19.5 Å². The number of nitrogens with one attached hydrogen (secondary N) is 2. The summed E-state index contributed by atoms with van der Waals surface area (Å²) in [6.07, 6.45) is 0.0571. The number of fused-ring (bicyclic) bond motifs is 3. The first-order valence-corrected chi connectivity index (χ1v) is 11.1. The number of carbonyl (C=O) groups is 3. The number of ether oxygens (including phenoxy) is 2. The Balaban J connectivity index is 1.42. The largest absolute Gasteiger partial charge is 0.480 e. The van der Waals surface area contributed by atoms with E-state index in [1.165, 1.54) is 7.11 Å². The number of amides is 2. The van der Waals surface area contributed by atoms with E-state index in [-0.39, 0.29) is 18.4 Å². The minimum absolute atomic E-state index is 0.0839. The Morgan fingerprint density at radius 3 is 2.09 bits per heavy atom. The SMILES string of the molecule is CO[C@H](C)[C@H](NC(=O)OCC1c2ccccc2-c2ccccc21)C(=O)NC(C(=O)O)C1CC1. The van der Waals surface area contributed by atoms with Crippen LogP contribution in [0.15, 0.2) is 48.5 Å². The van der Waals surface area contributed by atoms with Gasteiger partial charge in [0.1, 0.15) is 18.7 Å². The van der Waals surface area contributed by atoms with E-state index in [1.54, 1.807) is 6.92 Å². The predicted octanol–water partition coefficient (Wildman–Crippen LogP) is 2.91. The average molecular weight is 453 g/mol. The Morgan fingerprint density at radius 2 is 1.58 bits per heavy atom. The molecule has 8 nitrogen and oxygen atoms in total. The van der Waals surface area contributed by atoms with E-state index in [0.717, 1.165) is 35.1 Å². The maximum atomic E-state index is 12.8. The summed E-state index contributed by atoms with van der Waals surface area (Å²) in [5.41, 5.74) is 4.40. The fourth-order valence-electron chi connectivity index (χ4n) is 4.35. The van der Waals surface area contributed by atoms with Crippen molar-refractivity contribution in [3.8, 4) is 11.1 Å². The number of aliphatic carboxylic acids is 1. The number of carboxylic acids is 1. The Labute approximate surface area is 192 Å². The van der Waals surface area contributed by atoms with Crippen LogP contribution in [0.25, 0.3) is 11.1 Å². The molecule has 0 heterocycles. The van der Waals surface area contributed by atoms with Crippen molar-refractivity contribution in [3.05, 3.63) is 59.7 Å². The summed E-state index contributed by atoms with van der Waals surface area (Å²) in [7, 11) is 1.42. The van der Waals surface area contributed by atoms with Crippen molar-refractivity contribution in [1.29, 1.82) is 0 Å². The van der Waals surface area contributed by atoms with Crippen LogP contribution in [0.2, 0.25) is 0 Å². The van der Waals surface area contributed by atoms with Crippen LogP contribution in [0.5, 0.6) is 0 Å². The van der Waals surface area contributed by atoms with Gasteiger partial charge in [0, 0.05) is 13.0 Å². The molecule has 1 unspecified atom stereocenters. The molecule has 3 N–H and O–H groups in total. The number of carboxylic acid groups (broad SMARTS) is 1. The van der Waals surface area contributed by atoms with Crippen molar-refractivity contribution in [2.45, 2.75) is 43.9 Å². The third-order valence-corrected chi connectivity index (χ3v) is 6.40. The second-order valence-corrected chi connectivity index (χ2v) is 8.55. The summed E-state index contributed by atoms with van der Waals surface area (Å²) in [6, 6.07) is 13.9. The lowest BCUT2D eigenvalue weighted by Gasteiger charge is -2.25. The quantitative estimate of drug-likeness (QED) is 0.539. The van der Waals surface area contributed by atoms with E-state index in [1.807, 2.05) is 48.5 Å². The number of hydrogen-bond acceptors (Lipinski definition) is 5. The van der Waals surface area contributed by atoms with Gasteiger partial charge in [-0.25, -0.2) is 9.59 Å². The van der Waals surface area contributed by atoms with Crippen LogP contribution in [0, 0.1) is 5.92 Å². The van der Waals surface area contributed by atoms with E-state index in [0.29, 0.717) is 0 Å². The molecule has 4 rings (SSSR count). The number of hydrogen-bond donors (Lipinski definition) is 3. The number of carbonyl (C=O) groups excluding carboxylic acids is 2. The smallest absolute Gasteiger partial charge is 0.407 e. The Morgan fingerprint density at radius 1 is 1.00 bits per heavy atom. The van der Waals surface area contributed by atoms with Crippen molar-refractivity contribution in [2.24, 2.45) is 5.92 Å². The molecular weight excluding hydrogens is 424 g/mol. The zero-order chi connectivity index (χ0) is 23.5. The first-order chi connectivity index (χ1) is 15.9. The third kappa shape index (κ3) is 4.85. The maximum Gasteiger partial charge on any atom is 0.407 e. The average Bonchev–Trinajstić information content (AvgIpc) is 3.61. The van der Waals surface area contributed by atoms with Crippen LogP contribution >= 0.6 is 0 Å². The zero-order valence-corrected chi connectivity index (χ0v) is 18.6. The van der Waals surface area contributed by atoms with E-state index >= 15 is 0 Å². The molecule has 174 valence electrons. The van der Waals surface area contributed by atoms with Gasteiger partial charge in [-0.3, -0.25) is 4.79 Å². The summed E-state index contributed by atoms with van der Waals surface area (Å²) in [4.78, 5) is 36.9. The summed E-state index contributed by atoms with van der Waals surface area (Å²) >= 11 is 0. The van der Waals surface area contributed by atoms with Crippen molar-refractivity contribution in [3.63, 3.8) is 0 Å². The molecule has 0 spiro atoms. The highest BCUT2D eigenvalue weighted by Gasteiger charge is 2.39. The molecule has 0 saturated heterocycles. The van der Waals surface area contributed by atoms with Gasteiger partial charge in [0.15, 0.2) is 0 Å². The van der Waals surface area contributed by atoms with Crippen molar-refractivity contribution in [1.82, 2.24) is 10.6 Å². The highest BCUT2D eigenvalue weighted by molar-refractivity contribution is 5.90. The van der Waals surface area contributed by atoms with E-state index in [4.69, 9.17) is 9.47 Å². The third-order valence-electron chi connectivity index (χ3n) is 6.40. The molecule has 2 aromatic carbocycles. The second-order valence-electron chi connectivity index (χ2n) is 8.55. The molecule has 0 radical (unpaired) electrons. The van der Waals surface area contributed by atoms with Crippen molar-refractivity contribution >= 4 is 18.0 Å². The normalized spacial score (nSPS) is 17.3. The molecule has 33 heavy (non-hydrogen) atoms. The minimum Gasteiger partial charge on any atom is -0.480 e. The maximum absolute atomic E-state index is 12.8. The van der Waals surface area contributed by atoms with Crippen molar-refractivity contribution < 1.29 is 29.0 Å². The molecular formula is C25H28N2O6. The fourth-order valence-corrected chi connectivity index (χ4v) is 4.35. The highest BCUT2D eigenvalue weighted by Crippen LogP contribution is 2.44. The lowest BCUT2D eigenvalue weighted by Crippen LogP contribution is -2.56. The van der Waals surface area contributed by atoms with Gasteiger partial charge in [-0.2, -0.15) is 0 Å². The van der Waals surface area contributed by atoms with Crippen LogP contribution < -0.4 is 10.6 Å². The van der Waals surface area contributed by atoms with Gasteiger partial charge in [-0.1, -0.05) is 48.5 Å². The molecule has 2 aromatic rings. The Kier molecular flexibility index (Phi) is 6.65. The number of benzene rings is 2. The first-order valence-electron chi connectivity index (χ1n) is 11.1. The summed E-state index contributed by atoms with van der Waals surface area (Å²) in [6.45, 7) is 1.73. The van der Waals surface area contributed by atoms with Gasteiger partial charge in [-0.05, 0) is 47.9 Å². The van der Waals surface area contributed by atoms with Gasteiger partial charge in [0.25, 0.3) is 0 Å². The van der Waals surface area contributed by atoms with Gasteiger partial charge in [0.2, 0.25) is 5.91 Å². The number of methoxy groups -OCH3 is 1. The standard InChI is InChI=1S/C25H28N2O6/c1-14(32-2)21(23(28)26-22(24(29)30)15-11-12-15)27-25(31)33-13-20-18-9-5-3-7-16(18)17-8-4-6-10-19(17)20/h3-10,14-15,20-22H,11-13H2,1-2H3,(H,26,28)(H,27,31)(H,29,30)/t14-,21+,22?/m1/s1. The molecule has 3 atom stereocenters. The Bertz CT molecular complexity index is 1010. The molecule has 0 aliphatic heterocycles. The molecule has 0 aromatic heterocycles. The topological polar surface area (TPSA) is 114 Å². The fraction of sp³-hybridized carbons (Fsp3) is 0.400. The molecule has 2 aliphatic carbocycles. The summed E-state index contributed by atoms with van der Waals surface area (Å²) < 4.78 is 10.8. The monoisotopic (exact) mass is 452 g/mol. The molecule has 8 heteroatoms.